The number of rotatable bonds is 11. The van der Waals surface area contributed by atoms with Gasteiger partial charge < -0.3 is 15.4 Å². The molecule has 6 heteroatoms. The standard InChI is InChI=1S/C19H34N2O4.C2H6/c1-4-5-17(22)20-11-13-25-12-10-18(23)21-16-8-6-15(7-9-16)19(24)14(2)3;1-2/h14-16H,4-13H2,1-3H3,(H,20,22)(H,21,23);1-2H3. The van der Waals surface area contributed by atoms with Crippen molar-refractivity contribution < 1.29 is 19.1 Å². The number of ketones is 1. The van der Waals surface area contributed by atoms with Gasteiger partial charge in [-0.1, -0.05) is 34.6 Å². The van der Waals surface area contributed by atoms with Crippen molar-refractivity contribution in [3.05, 3.63) is 0 Å². The lowest BCUT2D eigenvalue weighted by atomic mass is 9.80. The molecule has 0 aromatic carbocycles. The largest absolute Gasteiger partial charge is 0.379 e. The van der Waals surface area contributed by atoms with Gasteiger partial charge in [0, 0.05) is 37.3 Å². The van der Waals surface area contributed by atoms with E-state index >= 15 is 0 Å². The van der Waals surface area contributed by atoms with Gasteiger partial charge in [-0.05, 0) is 32.1 Å². The number of hydrogen-bond donors (Lipinski definition) is 2. The third-order valence-electron chi connectivity index (χ3n) is 4.58. The van der Waals surface area contributed by atoms with Crippen LogP contribution in [-0.4, -0.2) is 43.4 Å². The van der Waals surface area contributed by atoms with Crippen LogP contribution in [-0.2, 0) is 19.1 Å². The van der Waals surface area contributed by atoms with E-state index in [2.05, 4.69) is 10.6 Å². The minimum atomic E-state index is -0.00588. The summed E-state index contributed by atoms with van der Waals surface area (Å²) in [6.45, 7) is 11.1. The zero-order chi connectivity index (χ0) is 20.7. The lowest BCUT2D eigenvalue weighted by Gasteiger charge is -2.29. The van der Waals surface area contributed by atoms with E-state index in [0.717, 1.165) is 32.1 Å². The summed E-state index contributed by atoms with van der Waals surface area (Å²) in [6.07, 6.45) is 5.19. The van der Waals surface area contributed by atoms with Crippen molar-refractivity contribution in [1.29, 1.82) is 0 Å². The zero-order valence-electron chi connectivity index (χ0n) is 17.9. The van der Waals surface area contributed by atoms with Crippen LogP contribution in [0.5, 0.6) is 0 Å². The molecule has 0 atom stereocenters. The lowest BCUT2D eigenvalue weighted by Crippen LogP contribution is -2.39. The Hall–Kier alpha value is -1.43. The van der Waals surface area contributed by atoms with Crippen LogP contribution in [0.25, 0.3) is 0 Å². The summed E-state index contributed by atoms with van der Waals surface area (Å²) in [6, 6.07) is 0.178. The van der Waals surface area contributed by atoms with Gasteiger partial charge in [-0.2, -0.15) is 0 Å². The van der Waals surface area contributed by atoms with Gasteiger partial charge in [0.2, 0.25) is 11.8 Å². The molecule has 0 bridgehead atoms. The Labute approximate surface area is 165 Å². The third kappa shape index (κ3) is 11.8. The molecule has 158 valence electrons. The fourth-order valence-electron chi connectivity index (χ4n) is 3.14. The zero-order valence-corrected chi connectivity index (χ0v) is 17.9. The number of nitrogens with one attached hydrogen (secondary N) is 2. The summed E-state index contributed by atoms with van der Waals surface area (Å²) >= 11 is 0. The van der Waals surface area contributed by atoms with Crippen LogP contribution in [0.4, 0.5) is 0 Å². The second-order valence-electron chi connectivity index (χ2n) is 7.14. The van der Waals surface area contributed by atoms with Crippen LogP contribution in [0, 0.1) is 11.8 Å². The molecular weight excluding hydrogens is 344 g/mol. The highest BCUT2D eigenvalue weighted by molar-refractivity contribution is 5.83. The molecular formula is C21H40N2O4. The Morgan fingerprint density at radius 2 is 1.59 bits per heavy atom. The van der Waals surface area contributed by atoms with Crippen molar-refractivity contribution in [1.82, 2.24) is 10.6 Å². The molecule has 1 saturated carbocycles. The highest BCUT2D eigenvalue weighted by Gasteiger charge is 2.28. The molecule has 0 aromatic rings. The van der Waals surface area contributed by atoms with Crippen molar-refractivity contribution in [3.8, 4) is 0 Å². The molecule has 0 radical (unpaired) electrons. The lowest BCUT2D eigenvalue weighted by molar-refractivity contribution is -0.127. The first kappa shape index (κ1) is 25.6. The molecule has 0 saturated heterocycles. The predicted octanol–water partition coefficient (Wildman–Crippen LogP) is 3.24. The summed E-state index contributed by atoms with van der Waals surface area (Å²) in [7, 11) is 0. The van der Waals surface area contributed by atoms with Gasteiger partial charge in [0.15, 0.2) is 0 Å². The van der Waals surface area contributed by atoms with Crippen LogP contribution in [0.2, 0.25) is 0 Å². The second-order valence-corrected chi connectivity index (χ2v) is 7.14. The maximum absolute atomic E-state index is 12.0. The maximum atomic E-state index is 12.0. The Bertz CT molecular complexity index is 430. The topological polar surface area (TPSA) is 84.5 Å². The van der Waals surface area contributed by atoms with Gasteiger partial charge >= 0.3 is 0 Å². The third-order valence-corrected chi connectivity index (χ3v) is 4.58. The molecule has 2 amide bonds. The van der Waals surface area contributed by atoms with Crippen molar-refractivity contribution >= 4 is 17.6 Å². The Morgan fingerprint density at radius 3 is 2.15 bits per heavy atom. The van der Waals surface area contributed by atoms with Crippen LogP contribution < -0.4 is 10.6 Å². The van der Waals surface area contributed by atoms with Crippen LogP contribution in [0.1, 0.15) is 79.6 Å². The van der Waals surface area contributed by atoms with E-state index in [1.807, 2.05) is 34.6 Å². The van der Waals surface area contributed by atoms with E-state index in [9.17, 15) is 14.4 Å². The Kier molecular flexibility index (Phi) is 14.8. The average molecular weight is 385 g/mol. The molecule has 27 heavy (non-hydrogen) atoms. The molecule has 0 unspecified atom stereocenters. The molecule has 0 spiro atoms. The molecule has 1 aliphatic carbocycles. The molecule has 0 heterocycles. The first-order chi connectivity index (χ1) is 12.9. The highest BCUT2D eigenvalue weighted by atomic mass is 16.5. The summed E-state index contributed by atoms with van der Waals surface area (Å²) in [4.78, 5) is 35.2. The highest BCUT2D eigenvalue weighted by Crippen LogP contribution is 2.27. The quantitative estimate of drug-likeness (QED) is 0.536. The van der Waals surface area contributed by atoms with Crippen molar-refractivity contribution in [3.63, 3.8) is 0 Å². The summed E-state index contributed by atoms with van der Waals surface area (Å²) in [5, 5.41) is 5.80. The maximum Gasteiger partial charge on any atom is 0.222 e. The number of ether oxygens (including phenoxy) is 1. The van der Waals surface area contributed by atoms with E-state index in [0.29, 0.717) is 38.4 Å². The molecule has 2 N–H and O–H groups in total. The number of hydrogen-bond acceptors (Lipinski definition) is 4. The van der Waals surface area contributed by atoms with E-state index in [-0.39, 0.29) is 29.7 Å². The number of carbonyl (C=O) groups is 3. The van der Waals surface area contributed by atoms with Gasteiger partial charge in [0.25, 0.3) is 0 Å². The monoisotopic (exact) mass is 384 g/mol. The van der Waals surface area contributed by atoms with Gasteiger partial charge in [0.1, 0.15) is 5.78 Å². The van der Waals surface area contributed by atoms with Crippen molar-refractivity contribution in [2.45, 2.75) is 85.6 Å². The van der Waals surface area contributed by atoms with E-state index in [1.165, 1.54) is 0 Å². The number of Topliss-reactive ketones (excluding diaryl/α,β-unsaturated/α-hetero) is 1. The van der Waals surface area contributed by atoms with Gasteiger partial charge in [-0.25, -0.2) is 0 Å². The molecule has 0 aliphatic heterocycles. The van der Waals surface area contributed by atoms with E-state index in [1.54, 1.807) is 0 Å². The Balaban J connectivity index is 0.00000326. The van der Waals surface area contributed by atoms with Crippen LogP contribution in [0.3, 0.4) is 0 Å². The molecule has 0 aromatic heterocycles. The first-order valence-electron chi connectivity index (χ1n) is 10.6. The first-order valence-corrected chi connectivity index (χ1v) is 10.6. The molecule has 1 rings (SSSR count). The van der Waals surface area contributed by atoms with Crippen molar-refractivity contribution in [2.24, 2.45) is 11.8 Å². The van der Waals surface area contributed by atoms with Gasteiger partial charge in [0.05, 0.1) is 13.2 Å². The SMILES string of the molecule is CC.CCCC(=O)NCCOCCC(=O)NC1CCC(C(=O)C(C)C)CC1. The Morgan fingerprint density at radius 1 is 0.963 bits per heavy atom. The fourth-order valence-corrected chi connectivity index (χ4v) is 3.14. The van der Waals surface area contributed by atoms with Crippen molar-refractivity contribution in [2.75, 3.05) is 19.8 Å². The summed E-state index contributed by atoms with van der Waals surface area (Å²) < 4.78 is 5.38. The minimum absolute atomic E-state index is 0.00588. The van der Waals surface area contributed by atoms with E-state index < -0.39 is 0 Å². The van der Waals surface area contributed by atoms with E-state index in [4.69, 9.17) is 4.74 Å². The average Bonchev–Trinajstić information content (AvgIpc) is 2.66. The van der Waals surface area contributed by atoms with Crippen LogP contribution >= 0.6 is 0 Å². The number of carbonyl (C=O) groups excluding carboxylic acids is 3. The smallest absolute Gasteiger partial charge is 0.222 e. The number of amides is 2. The second kappa shape index (κ2) is 15.6. The summed E-state index contributed by atoms with van der Waals surface area (Å²) in [5.41, 5.74) is 0. The fraction of sp³-hybridized carbons (Fsp3) is 0.857. The predicted molar refractivity (Wildman–Crippen MR) is 108 cm³/mol. The molecule has 1 fully saturated rings. The summed E-state index contributed by atoms with van der Waals surface area (Å²) in [5.74, 6) is 0.646. The molecule has 1 aliphatic rings. The minimum Gasteiger partial charge on any atom is -0.379 e. The van der Waals surface area contributed by atoms with Crippen LogP contribution in [0.15, 0.2) is 0 Å². The normalized spacial score (nSPS) is 19.0. The van der Waals surface area contributed by atoms with Gasteiger partial charge in [-0.15, -0.1) is 0 Å². The van der Waals surface area contributed by atoms with Gasteiger partial charge in [-0.3, -0.25) is 14.4 Å². The molecule has 6 nitrogen and oxygen atoms in total.